The first kappa shape index (κ1) is 16.6. The molecule has 0 fully saturated rings. The van der Waals surface area contributed by atoms with Crippen molar-refractivity contribution in [2.75, 3.05) is 16.3 Å². The minimum absolute atomic E-state index is 0.198. The van der Waals surface area contributed by atoms with Crippen molar-refractivity contribution in [2.45, 2.75) is 12.6 Å². The van der Waals surface area contributed by atoms with Crippen LogP contribution in [0.5, 0.6) is 0 Å². The fraction of sp³-hybridized carbons (Fsp3) is 0.167. The molecule has 3 N–H and O–H groups in total. The Bertz CT molecular complexity index is 911. The summed E-state index contributed by atoms with van der Waals surface area (Å²) in [7, 11) is 0. The van der Waals surface area contributed by atoms with Gasteiger partial charge in [0.1, 0.15) is 12.0 Å². The molecule has 0 bridgehead atoms. The third kappa shape index (κ3) is 2.91. The summed E-state index contributed by atoms with van der Waals surface area (Å²) < 4.78 is 4.96. The number of amidine groups is 1. The van der Waals surface area contributed by atoms with Crippen LogP contribution in [0.4, 0.5) is 17.3 Å². The van der Waals surface area contributed by atoms with E-state index in [-0.39, 0.29) is 5.84 Å². The molecule has 0 saturated heterocycles. The molecule has 0 aliphatic carbocycles. The Labute approximate surface area is 155 Å². The SMILES string of the molecule is N=C1C(N)N(CCc2ccccc2)c2nonc2N1c1ccc(Cl)cc1. The quantitative estimate of drug-likeness (QED) is 0.734. The van der Waals surface area contributed by atoms with E-state index in [1.807, 2.05) is 35.2 Å². The Morgan fingerprint density at radius 1 is 1.04 bits per heavy atom. The van der Waals surface area contributed by atoms with Crippen LogP contribution in [0.25, 0.3) is 0 Å². The van der Waals surface area contributed by atoms with Crippen LogP contribution in [0, 0.1) is 5.41 Å². The lowest BCUT2D eigenvalue weighted by Crippen LogP contribution is -2.57. The highest BCUT2D eigenvalue weighted by Crippen LogP contribution is 2.37. The lowest BCUT2D eigenvalue weighted by Gasteiger charge is -2.38. The van der Waals surface area contributed by atoms with E-state index < -0.39 is 6.17 Å². The van der Waals surface area contributed by atoms with Gasteiger partial charge in [0, 0.05) is 17.3 Å². The summed E-state index contributed by atoms with van der Waals surface area (Å²) >= 11 is 5.97. The molecule has 0 radical (unpaired) electrons. The van der Waals surface area contributed by atoms with E-state index in [9.17, 15) is 0 Å². The Hall–Kier alpha value is -2.90. The van der Waals surface area contributed by atoms with E-state index in [1.54, 1.807) is 17.0 Å². The van der Waals surface area contributed by atoms with Crippen molar-refractivity contribution in [3.8, 4) is 0 Å². The zero-order valence-corrected chi connectivity index (χ0v) is 14.6. The third-order valence-corrected chi connectivity index (χ3v) is 4.62. The summed E-state index contributed by atoms with van der Waals surface area (Å²) in [6.07, 6.45) is 0.114. The second kappa shape index (κ2) is 6.78. The van der Waals surface area contributed by atoms with E-state index in [4.69, 9.17) is 27.4 Å². The van der Waals surface area contributed by atoms with Gasteiger partial charge in [0.15, 0.2) is 0 Å². The molecule has 0 amide bonds. The molecule has 26 heavy (non-hydrogen) atoms. The minimum atomic E-state index is -0.659. The minimum Gasteiger partial charge on any atom is -0.328 e. The largest absolute Gasteiger partial charge is 0.328 e. The number of nitrogens with two attached hydrogens (primary N) is 1. The lowest BCUT2D eigenvalue weighted by atomic mass is 10.1. The number of anilines is 3. The smallest absolute Gasteiger partial charge is 0.228 e. The fourth-order valence-corrected chi connectivity index (χ4v) is 3.14. The monoisotopic (exact) mass is 368 g/mol. The summed E-state index contributed by atoms with van der Waals surface area (Å²) in [6.45, 7) is 0.600. The predicted octanol–water partition coefficient (Wildman–Crippen LogP) is 3.19. The average Bonchev–Trinajstić information content (AvgIpc) is 3.13. The topological polar surface area (TPSA) is 95.3 Å². The molecule has 1 aromatic heterocycles. The Morgan fingerprint density at radius 2 is 1.73 bits per heavy atom. The van der Waals surface area contributed by atoms with Gasteiger partial charge in [0.2, 0.25) is 11.6 Å². The van der Waals surface area contributed by atoms with Crippen molar-refractivity contribution in [1.82, 2.24) is 10.3 Å². The van der Waals surface area contributed by atoms with Gasteiger partial charge in [-0.2, -0.15) is 0 Å². The van der Waals surface area contributed by atoms with Crippen molar-refractivity contribution >= 4 is 34.8 Å². The number of nitrogens with one attached hydrogen (secondary N) is 1. The van der Waals surface area contributed by atoms with Crippen molar-refractivity contribution in [1.29, 1.82) is 5.41 Å². The normalized spacial score (nSPS) is 16.7. The van der Waals surface area contributed by atoms with Crippen LogP contribution in [0.15, 0.2) is 59.2 Å². The Kier molecular flexibility index (Phi) is 4.32. The molecule has 8 heteroatoms. The molecule has 3 aromatic rings. The average molecular weight is 369 g/mol. The maximum atomic E-state index is 8.54. The molecule has 132 valence electrons. The third-order valence-electron chi connectivity index (χ3n) is 4.36. The van der Waals surface area contributed by atoms with Crippen LogP contribution in [0.1, 0.15) is 5.56 Å². The highest BCUT2D eigenvalue weighted by molar-refractivity contribution is 6.30. The second-order valence-corrected chi connectivity index (χ2v) is 6.42. The maximum Gasteiger partial charge on any atom is 0.228 e. The van der Waals surface area contributed by atoms with Gasteiger partial charge in [0.25, 0.3) is 0 Å². The van der Waals surface area contributed by atoms with Gasteiger partial charge >= 0.3 is 0 Å². The van der Waals surface area contributed by atoms with Crippen LogP contribution in [0.3, 0.4) is 0 Å². The molecule has 2 heterocycles. The van der Waals surface area contributed by atoms with Gasteiger partial charge in [-0.05, 0) is 46.6 Å². The van der Waals surface area contributed by atoms with Crippen LogP contribution in [0.2, 0.25) is 5.02 Å². The van der Waals surface area contributed by atoms with Crippen molar-refractivity contribution in [2.24, 2.45) is 5.73 Å². The molecule has 1 aliphatic rings. The van der Waals surface area contributed by atoms with Crippen molar-refractivity contribution in [3.63, 3.8) is 0 Å². The van der Waals surface area contributed by atoms with E-state index >= 15 is 0 Å². The molecule has 0 saturated carbocycles. The molecular weight excluding hydrogens is 352 g/mol. The van der Waals surface area contributed by atoms with E-state index in [0.29, 0.717) is 23.2 Å². The predicted molar refractivity (Wildman–Crippen MR) is 101 cm³/mol. The number of benzene rings is 2. The number of nitrogens with zero attached hydrogens (tertiary/aromatic N) is 4. The van der Waals surface area contributed by atoms with E-state index in [2.05, 4.69) is 22.4 Å². The molecular formula is C18H17ClN6O. The van der Waals surface area contributed by atoms with E-state index in [0.717, 1.165) is 12.1 Å². The van der Waals surface area contributed by atoms with Crippen molar-refractivity contribution < 1.29 is 4.63 Å². The first-order valence-electron chi connectivity index (χ1n) is 8.18. The molecule has 0 spiro atoms. The number of hydrogen-bond acceptors (Lipinski definition) is 6. The highest BCUT2D eigenvalue weighted by atomic mass is 35.5. The number of fused-ring (bicyclic) bond motifs is 1. The Balaban J connectivity index is 1.65. The van der Waals surface area contributed by atoms with E-state index in [1.165, 1.54) is 5.56 Å². The van der Waals surface area contributed by atoms with Gasteiger partial charge < -0.3 is 10.6 Å². The summed E-state index contributed by atoms with van der Waals surface area (Å²) in [4.78, 5) is 3.47. The molecule has 1 unspecified atom stereocenters. The van der Waals surface area contributed by atoms with Gasteiger partial charge in [-0.1, -0.05) is 41.9 Å². The van der Waals surface area contributed by atoms with Gasteiger partial charge in [-0.15, -0.1) is 0 Å². The number of halogens is 1. The van der Waals surface area contributed by atoms with Gasteiger partial charge in [-0.25, -0.2) is 4.63 Å². The van der Waals surface area contributed by atoms with Crippen molar-refractivity contribution in [3.05, 3.63) is 65.2 Å². The lowest BCUT2D eigenvalue weighted by molar-refractivity contribution is 0.308. The zero-order chi connectivity index (χ0) is 18.1. The number of hydrogen-bond donors (Lipinski definition) is 2. The zero-order valence-electron chi connectivity index (χ0n) is 13.8. The second-order valence-electron chi connectivity index (χ2n) is 5.98. The number of aromatic nitrogens is 2. The summed E-state index contributed by atoms with van der Waals surface area (Å²) in [5, 5.41) is 17.2. The fourth-order valence-electron chi connectivity index (χ4n) is 3.02. The maximum absolute atomic E-state index is 8.54. The molecule has 7 nitrogen and oxygen atoms in total. The molecule has 4 rings (SSSR count). The van der Waals surface area contributed by atoms with Crippen LogP contribution in [-0.2, 0) is 6.42 Å². The summed E-state index contributed by atoms with van der Waals surface area (Å²) in [6, 6.07) is 17.2. The summed E-state index contributed by atoms with van der Waals surface area (Å²) in [5.74, 6) is 1.18. The summed E-state index contributed by atoms with van der Waals surface area (Å²) in [5.41, 5.74) is 8.26. The van der Waals surface area contributed by atoms with Crippen LogP contribution < -0.4 is 15.5 Å². The Morgan fingerprint density at radius 3 is 2.46 bits per heavy atom. The molecule has 2 aromatic carbocycles. The van der Waals surface area contributed by atoms with Gasteiger partial charge in [-0.3, -0.25) is 10.3 Å². The first-order valence-corrected chi connectivity index (χ1v) is 8.56. The first-order chi connectivity index (χ1) is 12.6. The van der Waals surface area contributed by atoms with Gasteiger partial charge in [0.05, 0.1) is 0 Å². The standard InChI is InChI=1S/C18H17ClN6O/c19-13-6-8-14(9-7-13)25-16(21)15(20)24(17-18(25)23-26-22-17)11-10-12-4-2-1-3-5-12/h1-9,15,21H,10-11,20H2. The molecule has 1 aliphatic heterocycles. The van der Waals surface area contributed by atoms with Crippen LogP contribution in [-0.4, -0.2) is 28.9 Å². The molecule has 1 atom stereocenters. The number of rotatable bonds is 4. The van der Waals surface area contributed by atoms with Crippen LogP contribution >= 0.6 is 11.6 Å². The highest BCUT2D eigenvalue weighted by Gasteiger charge is 2.38.